The number of carbonyl (C=O) groups excluding carboxylic acids is 2. The molecule has 8 aliphatic carbocycles. The van der Waals surface area contributed by atoms with Crippen LogP contribution in [0.3, 0.4) is 0 Å². The molecule has 2 N–H and O–H groups in total. The van der Waals surface area contributed by atoms with Gasteiger partial charge < -0.3 is 26.0 Å². The van der Waals surface area contributed by atoms with Crippen LogP contribution in [-0.2, 0) is 9.63 Å². The molecule has 1 amide bonds. The number of hydrogen-bond donors (Lipinski definition) is 2. The third kappa shape index (κ3) is 12.5. The van der Waals surface area contributed by atoms with E-state index in [1.807, 2.05) is 62.4 Å². The van der Waals surface area contributed by atoms with E-state index in [1.54, 1.807) is 26.7 Å². The molecule has 8 nitrogen and oxygen atoms in total. The van der Waals surface area contributed by atoms with E-state index in [-0.39, 0.29) is 69.7 Å². The predicted molar refractivity (Wildman–Crippen MR) is 307 cm³/mol. The van der Waals surface area contributed by atoms with Gasteiger partial charge >= 0.3 is 18.9 Å². The van der Waals surface area contributed by atoms with Crippen LogP contribution in [0.4, 0.5) is 0 Å². The third-order valence-electron chi connectivity index (χ3n) is 21.2. The summed E-state index contributed by atoms with van der Waals surface area (Å²) < 4.78 is 11.9. The number of para-hydroxylation sites is 2. The summed E-state index contributed by atoms with van der Waals surface area (Å²) in [5.41, 5.74) is 1.93. The average molecular weight is 1090 g/mol. The maximum absolute atomic E-state index is 13.8. The molecule has 0 radical (unpaired) electrons. The fourth-order valence-electron chi connectivity index (χ4n) is 17.6. The molecule has 0 aliphatic heterocycles. The number of halogens is 1. The summed E-state index contributed by atoms with van der Waals surface area (Å²) in [6.07, 6.45) is 26.6. The molecular formula is C65H99BrLiNO7. The molecule has 0 bridgehead atoms. The summed E-state index contributed by atoms with van der Waals surface area (Å²) in [7, 11) is 3.34. The van der Waals surface area contributed by atoms with Crippen LogP contribution in [0, 0.1) is 88.8 Å². The van der Waals surface area contributed by atoms with Gasteiger partial charge in [-0.05, 0) is 234 Å². The molecule has 8 saturated carbocycles. The molecule has 0 unspecified atom stereocenters. The van der Waals surface area contributed by atoms with Crippen LogP contribution in [0.25, 0.3) is 21.9 Å². The summed E-state index contributed by atoms with van der Waals surface area (Å²) in [6, 6.07) is 15.9. The van der Waals surface area contributed by atoms with Crippen LogP contribution in [-0.4, -0.2) is 52.3 Å². The number of unbranched alkanes of at least 4 members (excludes halogenated alkanes) is 1. The molecule has 16 atom stereocenters. The van der Waals surface area contributed by atoms with Gasteiger partial charge in [-0.25, -0.2) is 5.06 Å². The maximum atomic E-state index is 13.8. The molecule has 0 saturated heterocycles. The minimum Gasteiger partial charge on any atom is -0.464 e. The second kappa shape index (κ2) is 25.8. The number of Topliss-reactive ketones (excluding diaryl/α,β-unsaturated/α-hetero) is 1. The van der Waals surface area contributed by atoms with Crippen molar-refractivity contribution < 1.29 is 52.3 Å². The number of benzene rings is 2. The molecule has 0 spiro atoms. The summed E-state index contributed by atoms with van der Waals surface area (Å²) in [5.74, 6) is 8.41. The molecule has 2 heterocycles. The van der Waals surface area contributed by atoms with Crippen LogP contribution < -0.4 is 18.9 Å². The number of fused-ring (bicyclic) bond motifs is 12. The van der Waals surface area contributed by atoms with E-state index < -0.39 is 11.2 Å². The van der Waals surface area contributed by atoms with E-state index >= 15 is 0 Å². The van der Waals surface area contributed by atoms with E-state index in [1.165, 1.54) is 88.5 Å². The van der Waals surface area contributed by atoms with E-state index in [9.17, 15) is 19.8 Å². The topological polar surface area (TPSA) is 113 Å². The molecule has 10 heteroatoms. The van der Waals surface area contributed by atoms with E-state index in [0.29, 0.717) is 23.5 Å². The molecule has 8 aliphatic rings. The normalized spacial score (nSPS) is 37.7. The molecule has 75 heavy (non-hydrogen) atoms. The second-order valence-corrected chi connectivity index (χ2v) is 26.0. The SMILES string of the molecule is Brc1coc2ccccc12.C.C.C.CON(C)C(=O)[C@H]1CC[C@H]2[C@@H]3CC[C@@H]4C[C@](C)(O)CC[C@@H]4[C@H]3CC[C@]12C.C[C@@]1(O)CC[C@H]2[C@H](CC[C@@H]3[C@@H]2CC[C@]2(C)[C@@H](C(=O)c4coc5ccccc45)CC[C@@H]32)C1.[CH2-]CCC.[Li+]. The fraction of sp³-hybridized carbons (Fsp3) is 0.708. The van der Waals surface area contributed by atoms with Crippen molar-refractivity contribution >= 4 is 49.6 Å². The first-order valence-corrected chi connectivity index (χ1v) is 28.9. The summed E-state index contributed by atoms with van der Waals surface area (Å²) in [4.78, 5) is 31.8. The number of amides is 1. The predicted octanol–water partition coefficient (Wildman–Crippen LogP) is 14.4. The largest absolute Gasteiger partial charge is 1.00 e. The zero-order valence-electron chi connectivity index (χ0n) is 45.3. The quantitative estimate of drug-likeness (QED) is 0.0886. The van der Waals surface area contributed by atoms with Gasteiger partial charge in [0.15, 0.2) is 5.78 Å². The molecule has 8 fully saturated rings. The Hall–Kier alpha value is -2.38. The van der Waals surface area contributed by atoms with Gasteiger partial charge in [-0.2, -0.15) is 6.42 Å². The Morgan fingerprint density at radius 2 is 1.08 bits per heavy atom. The molecule has 12 rings (SSSR count). The Labute approximate surface area is 474 Å². The molecule has 414 valence electrons. The first-order chi connectivity index (χ1) is 33.9. The van der Waals surface area contributed by atoms with Crippen LogP contribution >= 0.6 is 15.9 Å². The van der Waals surface area contributed by atoms with Gasteiger partial charge in [0.1, 0.15) is 23.7 Å². The first kappa shape index (κ1) is 63.4. The first-order valence-electron chi connectivity index (χ1n) is 28.1. The third-order valence-corrected chi connectivity index (χ3v) is 21.8. The zero-order chi connectivity index (χ0) is 50.5. The molecule has 4 aromatic rings. The number of ketones is 1. The number of rotatable bonds is 5. The van der Waals surface area contributed by atoms with Gasteiger partial charge in [-0.1, -0.05) is 79.8 Å². The Morgan fingerprint density at radius 1 is 0.640 bits per heavy atom. The Balaban J connectivity index is 0.000000213. The standard InChI is InChI=1S/C28H36O3.C22H37NO3.C8H5BrO.C4H9.3CH4.Li/c1-27(30)13-11-18-17(15-27)7-8-20-19(18)12-14-28(2)23(20)9-10-24(28)26(29)22-16-31-25-6-4-3-5-21(22)25;1-21(25)11-9-15-14(13-21)5-6-17-16(15)10-12-22(2)18(17)7-8-19(22)20(24)23(3)26-4;9-7-5-10-8-4-2-1-3-6(7)8;1-3-4-2;;;;/h3-6,16-20,23-24,30H,7-15H2,1-2H3;14-19,25H,5-13H2,1-4H3;1-5H;1,3-4H2,2H3;3*1H4;/q;;;-1;;;;+1/t17-,18+,19-,20-,23+,24-,27-,28+;14-,15+,16-,17-,18+,19-,21-,22+;;;;;;/m11....../s1. The van der Waals surface area contributed by atoms with Crippen molar-refractivity contribution in [2.24, 2.45) is 81.8 Å². The van der Waals surface area contributed by atoms with Crippen LogP contribution in [0.1, 0.15) is 196 Å². The van der Waals surface area contributed by atoms with E-state index in [2.05, 4.69) is 43.6 Å². The van der Waals surface area contributed by atoms with Crippen molar-refractivity contribution in [2.75, 3.05) is 14.2 Å². The van der Waals surface area contributed by atoms with Crippen LogP contribution in [0.2, 0.25) is 0 Å². The Kier molecular flexibility index (Phi) is 21.8. The zero-order valence-corrected chi connectivity index (χ0v) is 46.9. The van der Waals surface area contributed by atoms with Gasteiger partial charge in [0.25, 0.3) is 0 Å². The Morgan fingerprint density at radius 3 is 1.57 bits per heavy atom. The van der Waals surface area contributed by atoms with Gasteiger partial charge in [0.2, 0.25) is 5.91 Å². The minimum atomic E-state index is -0.449. The van der Waals surface area contributed by atoms with Crippen molar-refractivity contribution in [1.29, 1.82) is 0 Å². The molecule has 2 aromatic carbocycles. The number of furan rings is 2. The van der Waals surface area contributed by atoms with Crippen molar-refractivity contribution in [3.63, 3.8) is 0 Å². The number of nitrogens with zero attached hydrogens (tertiary/aromatic N) is 1. The van der Waals surface area contributed by atoms with Gasteiger partial charge in [-0.3, -0.25) is 14.4 Å². The van der Waals surface area contributed by atoms with E-state index in [0.717, 1.165) is 118 Å². The summed E-state index contributed by atoms with van der Waals surface area (Å²) in [5, 5.41) is 24.7. The summed E-state index contributed by atoms with van der Waals surface area (Å²) >= 11 is 3.37. The molecular weight excluding hydrogens is 994 g/mol. The monoisotopic (exact) mass is 1090 g/mol. The van der Waals surface area contributed by atoms with Crippen molar-refractivity contribution in [3.05, 3.63) is 78.0 Å². The van der Waals surface area contributed by atoms with Crippen LogP contribution in [0.5, 0.6) is 0 Å². The summed E-state index contributed by atoms with van der Waals surface area (Å²) in [6.45, 7) is 14.6. The van der Waals surface area contributed by atoms with Crippen molar-refractivity contribution in [2.45, 2.75) is 197 Å². The number of hydroxylamine groups is 2. The van der Waals surface area contributed by atoms with Crippen LogP contribution in [0.15, 0.2) is 74.4 Å². The Bertz CT molecular complexity index is 2460. The second-order valence-electron chi connectivity index (χ2n) is 25.2. The smallest absolute Gasteiger partial charge is 0.464 e. The minimum absolute atomic E-state index is 0. The number of carbonyl (C=O) groups is 2. The van der Waals surface area contributed by atoms with Gasteiger partial charge in [-0.15, -0.1) is 0 Å². The van der Waals surface area contributed by atoms with E-state index in [4.69, 9.17) is 13.7 Å². The maximum Gasteiger partial charge on any atom is 1.00 e. The van der Waals surface area contributed by atoms with Crippen molar-refractivity contribution in [1.82, 2.24) is 5.06 Å². The van der Waals surface area contributed by atoms with Gasteiger partial charge in [0.05, 0.1) is 28.3 Å². The number of aliphatic hydroxyl groups is 2. The van der Waals surface area contributed by atoms with Crippen molar-refractivity contribution in [3.8, 4) is 0 Å². The number of hydrogen-bond acceptors (Lipinski definition) is 7. The average Bonchev–Trinajstić information content (AvgIpc) is 4.15. The van der Waals surface area contributed by atoms with Gasteiger partial charge in [0, 0.05) is 29.7 Å². The fourth-order valence-corrected chi connectivity index (χ4v) is 18.0. The molecule has 2 aromatic heterocycles.